The molecule has 3 aromatic rings. The lowest BCUT2D eigenvalue weighted by Crippen LogP contribution is -2.48. The summed E-state index contributed by atoms with van der Waals surface area (Å²) in [6, 6.07) is 7.79. The van der Waals surface area contributed by atoms with Crippen LogP contribution in [0.25, 0.3) is 16.9 Å². The second-order valence-electron chi connectivity index (χ2n) is 7.91. The number of nitrogens with zero attached hydrogens (tertiary/aromatic N) is 5. The van der Waals surface area contributed by atoms with Crippen LogP contribution in [0.2, 0.25) is 0 Å². The van der Waals surface area contributed by atoms with E-state index in [4.69, 9.17) is 5.26 Å². The number of carbonyl (C=O) groups excluding carboxylic acids is 1. The topological polar surface area (TPSA) is 98.0 Å². The predicted octanol–water partition coefficient (Wildman–Crippen LogP) is 2.58. The van der Waals surface area contributed by atoms with Gasteiger partial charge in [-0.2, -0.15) is 5.26 Å². The molecule has 170 valence electrons. The van der Waals surface area contributed by atoms with Gasteiger partial charge in [0.1, 0.15) is 11.9 Å². The van der Waals surface area contributed by atoms with Crippen LogP contribution in [-0.2, 0) is 6.42 Å². The van der Waals surface area contributed by atoms with E-state index >= 15 is 0 Å². The number of carbonyl (C=O) groups is 1. The van der Waals surface area contributed by atoms with E-state index in [9.17, 15) is 14.0 Å². The number of aromatic nitrogens is 3. The summed E-state index contributed by atoms with van der Waals surface area (Å²) < 4.78 is 15.5. The van der Waals surface area contributed by atoms with Gasteiger partial charge in [-0.05, 0) is 48.4 Å². The Balaban J connectivity index is 1.59. The van der Waals surface area contributed by atoms with Gasteiger partial charge in [0.25, 0.3) is 11.5 Å². The summed E-state index contributed by atoms with van der Waals surface area (Å²) in [6.45, 7) is 8.01. The molecule has 1 amide bonds. The molecule has 0 bridgehead atoms. The van der Waals surface area contributed by atoms with E-state index in [0.717, 1.165) is 19.6 Å². The Hall–Kier alpha value is -3.77. The third-order valence-corrected chi connectivity index (χ3v) is 6.09. The summed E-state index contributed by atoms with van der Waals surface area (Å²) in [5.41, 5.74) is 1.44. The normalized spacial score (nSPS) is 14.3. The zero-order valence-electron chi connectivity index (χ0n) is 18.6. The Morgan fingerprint density at radius 3 is 2.55 bits per heavy atom. The average Bonchev–Trinajstić information content (AvgIpc) is 3.24. The van der Waals surface area contributed by atoms with E-state index < -0.39 is 11.4 Å². The lowest BCUT2D eigenvalue weighted by Gasteiger charge is -2.34. The number of halogens is 1. The SMILES string of the molecule is CCc1cc(C#N)c(F)cc1-c1c[nH]n(-c2ccc(C(=O)N3CCN(CC)CC3)cn2)c1=O. The zero-order valence-corrected chi connectivity index (χ0v) is 18.6. The summed E-state index contributed by atoms with van der Waals surface area (Å²) in [4.78, 5) is 34.3. The smallest absolute Gasteiger partial charge is 0.280 e. The number of aryl methyl sites for hydroxylation is 1. The van der Waals surface area contributed by atoms with E-state index in [2.05, 4.69) is 21.9 Å². The molecule has 1 aromatic carbocycles. The van der Waals surface area contributed by atoms with Crippen molar-refractivity contribution in [1.29, 1.82) is 5.26 Å². The summed E-state index contributed by atoms with van der Waals surface area (Å²) >= 11 is 0. The van der Waals surface area contributed by atoms with Gasteiger partial charge in [-0.1, -0.05) is 13.8 Å². The number of nitrogens with one attached hydrogen (secondary N) is 1. The minimum absolute atomic E-state index is 0.0514. The number of aromatic amines is 1. The Bertz CT molecular complexity index is 1260. The standard InChI is InChI=1S/C24H25FN6O2/c1-3-16-11-18(13-26)21(25)12-19(16)20-15-28-31(24(20)33)22-6-5-17(14-27-22)23(32)30-9-7-29(4-2)8-10-30/h5-6,11-12,14-15,28H,3-4,7-10H2,1-2H3. The Morgan fingerprint density at radius 1 is 1.18 bits per heavy atom. The first-order chi connectivity index (χ1) is 16.0. The van der Waals surface area contributed by atoms with Gasteiger partial charge < -0.3 is 9.80 Å². The van der Waals surface area contributed by atoms with E-state index in [1.807, 2.05) is 17.9 Å². The zero-order chi connectivity index (χ0) is 23.5. The fraction of sp³-hybridized carbons (Fsp3) is 0.333. The third kappa shape index (κ3) is 4.30. The fourth-order valence-corrected chi connectivity index (χ4v) is 4.07. The molecular weight excluding hydrogens is 423 g/mol. The van der Waals surface area contributed by atoms with E-state index in [1.54, 1.807) is 12.1 Å². The van der Waals surface area contributed by atoms with Crippen molar-refractivity contribution in [3.05, 3.63) is 69.5 Å². The number of hydrogen-bond acceptors (Lipinski definition) is 5. The first kappa shape index (κ1) is 22.4. The molecule has 0 aliphatic carbocycles. The summed E-state index contributed by atoms with van der Waals surface area (Å²) in [7, 11) is 0. The van der Waals surface area contributed by atoms with Crippen LogP contribution in [0, 0.1) is 17.1 Å². The highest BCUT2D eigenvalue weighted by atomic mass is 19.1. The number of likely N-dealkylation sites (N-methyl/N-ethyl adjacent to an activating group) is 1. The number of nitriles is 1. The van der Waals surface area contributed by atoms with Crippen molar-refractivity contribution in [2.75, 3.05) is 32.7 Å². The van der Waals surface area contributed by atoms with Crippen LogP contribution in [0.1, 0.15) is 35.3 Å². The summed E-state index contributed by atoms with van der Waals surface area (Å²) in [6.07, 6.45) is 3.50. The van der Waals surface area contributed by atoms with Gasteiger partial charge >= 0.3 is 0 Å². The first-order valence-corrected chi connectivity index (χ1v) is 11.0. The highest BCUT2D eigenvalue weighted by Gasteiger charge is 2.22. The summed E-state index contributed by atoms with van der Waals surface area (Å²) in [5.74, 6) is -0.423. The monoisotopic (exact) mass is 448 g/mol. The molecule has 1 aliphatic rings. The maximum Gasteiger partial charge on any atom is 0.280 e. The quantitative estimate of drug-likeness (QED) is 0.647. The van der Waals surface area contributed by atoms with Crippen molar-refractivity contribution < 1.29 is 9.18 Å². The van der Waals surface area contributed by atoms with Gasteiger partial charge in [-0.3, -0.25) is 14.7 Å². The molecule has 0 spiro atoms. The molecule has 0 radical (unpaired) electrons. The Labute approximate surface area is 190 Å². The molecule has 9 heteroatoms. The Morgan fingerprint density at radius 2 is 1.94 bits per heavy atom. The molecule has 1 aliphatic heterocycles. The number of amides is 1. The number of piperazine rings is 1. The van der Waals surface area contributed by atoms with Gasteiger partial charge in [-0.15, -0.1) is 0 Å². The minimum Gasteiger partial charge on any atom is -0.336 e. The fourth-order valence-electron chi connectivity index (χ4n) is 4.07. The number of pyridine rings is 1. The molecular formula is C24H25FN6O2. The van der Waals surface area contributed by atoms with Crippen LogP contribution in [0.3, 0.4) is 0 Å². The molecule has 1 N–H and O–H groups in total. The second kappa shape index (κ2) is 9.38. The third-order valence-electron chi connectivity index (χ3n) is 6.09. The molecule has 4 rings (SSSR count). The molecule has 8 nitrogen and oxygen atoms in total. The highest BCUT2D eigenvalue weighted by Crippen LogP contribution is 2.25. The number of hydrogen-bond donors (Lipinski definition) is 1. The largest absolute Gasteiger partial charge is 0.336 e. The van der Waals surface area contributed by atoms with Gasteiger partial charge in [0, 0.05) is 38.6 Å². The van der Waals surface area contributed by atoms with Gasteiger partial charge in [-0.25, -0.2) is 14.1 Å². The molecule has 0 atom stereocenters. The van der Waals surface area contributed by atoms with Crippen LogP contribution < -0.4 is 5.56 Å². The molecule has 3 heterocycles. The van der Waals surface area contributed by atoms with Crippen LogP contribution in [0.15, 0.2) is 41.5 Å². The molecule has 0 unspecified atom stereocenters. The lowest BCUT2D eigenvalue weighted by molar-refractivity contribution is 0.0643. The number of rotatable bonds is 5. The van der Waals surface area contributed by atoms with E-state index in [0.29, 0.717) is 42.0 Å². The maximum absolute atomic E-state index is 14.2. The maximum atomic E-state index is 14.2. The second-order valence-corrected chi connectivity index (χ2v) is 7.91. The van der Waals surface area contributed by atoms with Crippen molar-refractivity contribution >= 4 is 5.91 Å². The van der Waals surface area contributed by atoms with Crippen LogP contribution in [-0.4, -0.2) is 63.2 Å². The predicted molar refractivity (Wildman–Crippen MR) is 122 cm³/mol. The molecule has 0 saturated carbocycles. The van der Waals surface area contributed by atoms with Crippen LogP contribution in [0.4, 0.5) is 4.39 Å². The molecule has 1 fully saturated rings. The van der Waals surface area contributed by atoms with E-state index in [1.165, 1.54) is 29.2 Å². The average molecular weight is 449 g/mol. The van der Waals surface area contributed by atoms with Crippen LogP contribution in [0.5, 0.6) is 0 Å². The number of H-pyrrole nitrogens is 1. The van der Waals surface area contributed by atoms with Gasteiger partial charge in [0.05, 0.1) is 16.7 Å². The van der Waals surface area contributed by atoms with Crippen molar-refractivity contribution in [2.45, 2.75) is 20.3 Å². The van der Waals surface area contributed by atoms with Gasteiger partial charge in [0.2, 0.25) is 0 Å². The highest BCUT2D eigenvalue weighted by molar-refractivity contribution is 5.94. The molecule has 1 saturated heterocycles. The van der Waals surface area contributed by atoms with Crippen molar-refractivity contribution in [2.24, 2.45) is 0 Å². The van der Waals surface area contributed by atoms with Gasteiger partial charge in [0.15, 0.2) is 5.82 Å². The molecule has 2 aromatic heterocycles. The summed E-state index contributed by atoms with van der Waals surface area (Å²) in [5, 5.41) is 11.9. The van der Waals surface area contributed by atoms with Crippen molar-refractivity contribution in [1.82, 2.24) is 24.6 Å². The molecule has 33 heavy (non-hydrogen) atoms. The van der Waals surface area contributed by atoms with Crippen molar-refractivity contribution in [3.8, 4) is 23.0 Å². The van der Waals surface area contributed by atoms with Crippen molar-refractivity contribution in [3.63, 3.8) is 0 Å². The Kier molecular flexibility index (Phi) is 6.38. The first-order valence-electron chi connectivity index (χ1n) is 11.0. The lowest BCUT2D eigenvalue weighted by atomic mass is 9.97. The van der Waals surface area contributed by atoms with E-state index in [-0.39, 0.29) is 17.0 Å². The number of benzene rings is 1. The minimum atomic E-state index is -0.669. The van der Waals surface area contributed by atoms with Crippen LogP contribution >= 0.6 is 0 Å².